The number of thioether (sulfide) groups is 1. The van der Waals surface area contributed by atoms with Gasteiger partial charge in [-0.3, -0.25) is 0 Å². The first kappa shape index (κ1) is 17.9. The van der Waals surface area contributed by atoms with Crippen molar-refractivity contribution in [3.05, 3.63) is 64.7 Å². The van der Waals surface area contributed by atoms with E-state index in [2.05, 4.69) is 15.0 Å². The summed E-state index contributed by atoms with van der Waals surface area (Å²) in [4.78, 5) is 24.3. The monoisotopic (exact) mass is 366 g/mol. The van der Waals surface area contributed by atoms with Crippen molar-refractivity contribution in [3.8, 4) is 11.4 Å². The van der Waals surface area contributed by atoms with Gasteiger partial charge in [0, 0.05) is 11.3 Å². The molecule has 0 spiro atoms. The maximum absolute atomic E-state index is 11.4. The fourth-order valence-electron chi connectivity index (χ4n) is 2.60. The molecule has 0 aliphatic rings. The van der Waals surface area contributed by atoms with Gasteiger partial charge in [-0.2, -0.15) is 9.97 Å². The molecule has 0 saturated carbocycles. The second-order valence-corrected chi connectivity index (χ2v) is 6.80. The molecule has 1 aromatic heterocycles. The third-order valence-electron chi connectivity index (χ3n) is 3.89. The van der Waals surface area contributed by atoms with Crippen molar-refractivity contribution in [1.29, 1.82) is 0 Å². The Hall–Kier alpha value is -2.93. The van der Waals surface area contributed by atoms with Crippen molar-refractivity contribution in [1.82, 2.24) is 15.0 Å². The molecule has 0 atom stereocenters. The summed E-state index contributed by atoms with van der Waals surface area (Å²) in [5, 5.41) is 9.87. The normalized spacial score (nSPS) is 10.7. The lowest BCUT2D eigenvalue weighted by Gasteiger charge is -2.10. The minimum Gasteiger partial charge on any atom is -0.478 e. The second-order valence-electron chi connectivity index (χ2n) is 5.86. The number of nitrogens with two attached hydrogens (primary N) is 1. The third-order valence-corrected chi connectivity index (χ3v) is 4.80. The summed E-state index contributed by atoms with van der Waals surface area (Å²) in [5.74, 6) is 0.219. The average molecular weight is 366 g/mol. The van der Waals surface area contributed by atoms with Crippen LogP contribution in [0.25, 0.3) is 11.4 Å². The standard InChI is InChI=1S/C19H18N4O2S/c1-11-8-12(2)15(17(24)25)9-14(11)16-21-18(20)23-19(22-16)26-10-13-6-4-3-5-7-13/h3-9H,10H2,1-2H3,(H,24,25)(H2,20,21,22,23). The van der Waals surface area contributed by atoms with E-state index in [9.17, 15) is 9.90 Å². The maximum atomic E-state index is 11.4. The molecule has 0 aliphatic carbocycles. The molecule has 2 aromatic carbocycles. The number of anilines is 1. The van der Waals surface area contributed by atoms with Crippen LogP contribution in [0.3, 0.4) is 0 Å². The van der Waals surface area contributed by atoms with Crippen molar-refractivity contribution in [3.63, 3.8) is 0 Å². The highest BCUT2D eigenvalue weighted by Crippen LogP contribution is 2.27. The van der Waals surface area contributed by atoms with E-state index in [0.29, 0.717) is 27.9 Å². The van der Waals surface area contributed by atoms with Crippen molar-refractivity contribution < 1.29 is 9.90 Å². The molecule has 6 nitrogen and oxygen atoms in total. The van der Waals surface area contributed by atoms with E-state index in [1.165, 1.54) is 11.8 Å². The zero-order chi connectivity index (χ0) is 18.7. The molecule has 3 N–H and O–H groups in total. The van der Waals surface area contributed by atoms with E-state index < -0.39 is 5.97 Å². The van der Waals surface area contributed by atoms with Gasteiger partial charge >= 0.3 is 5.97 Å². The molecular formula is C19H18N4O2S. The van der Waals surface area contributed by atoms with Gasteiger partial charge in [0.1, 0.15) is 0 Å². The molecule has 26 heavy (non-hydrogen) atoms. The predicted molar refractivity (Wildman–Crippen MR) is 102 cm³/mol. The average Bonchev–Trinajstić information content (AvgIpc) is 2.60. The molecule has 0 aliphatic heterocycles. The van der Waals surface area contributed by atoms with Gasteiger partial charge in [-0.15, -0.1) is 0 Å². The van der Waals surface area contributed by atoms with Crippen LogP contribution in [0.2, 0.25) is 0 Å². The number of carbonyl (C=O) groups is 1. The Bertz CT molecular complexity index is 961. The predicted octanol–water partition coefficient (Wildman–Crippen LogP) is 3.73. The van der Waals surface area contributed by atoms with Crippen LogP contribution in [0.15, 0.2) is 47.6 Å². The van der Waals surface area contributed by atoms with Crippen molar-refractivity contribution in [2.75, 3.05) is 5.73 Å². The highest BCUT2D eigenvalue weighted by Gasteiger charge is 2.15. The zero-order valence-electron chi connectivity index (χ0n) is 14.4. The van der Waals surface area contributed by atoms with Gasteiger partial charge in [0.15, 0.2) is 11.0 Å². The zero-order valence-corrected chi connectivity index (χ0v) is 15.2. The van der Waals surface area contributed by atoms with Crippen LogP contribution in [0, 0.1) is 13.8 Å². The smallest absolute Gasteiger partial charge is 0.335 e. The summed E-state index contributed by atoms with van der Waals surface area (Å²) in [6.07, 6.45) is 0. The molecule has 3 aromatic rings. The lowest BCUT2D eigenvalue weighted by molar-refractivity contribution is 0.0696. The van der Waals surface area contributed by atoms with Gasteiger partial charge in [0.2, 0.25) is 5.95 Å². The SMILES string of the molecule is Cc1cc(C)c(-c2nc(N)nc(SCc3ccccc3)n2)cc1C(=O)O. The lowest BCUT2D eigenvalue weighted by atomic mass is 9.99. The fraction of sp³-hybridized carbons (Fsp3) is 0.158. The Balaban J connectivity index is 1.95. The van der Waals surface area contributed by atoms with E-state index >= 15 is 0 Å². The Morgan fingerprint density at radius 1 is 1.08 bits per heavy atom. The summed E-state index contributed by atoms with van der Waals surface area (Å²) in [6, 6.07) is 13.4. The number of carboxylic acids is 1. The van der Waals surface area contributed by atoms with E-state index in [-0.39, 0.29) is 11.5 Å². The topological polar surface area (TPSA) is 102 Å². The number of hydrogen-bond acceptors (Lipinski definition) is 6. The molecule has 132 valence electrons. The largest absolute Gasteiger partial charge is 0.478 e. The van der Waals surface area contributed by atoms with E-state index in [1.807, 2.05) is 43.3 Å². The van der Waals surface area contributed by atoms with Gasteiger partial charge < -0.3 is 10.8 Å². The number of carboxylic acid groups (broad SMARTS) is 1. The molecule has 3 rings (SSSR count). The second kappa shape index (κ2) is 7.53. The van der Waals surface area contributed by atoms with Crippen molar-refractivity contribution >= 4 is 23.7 Å². The first-order valence-electron chi connectivity index (χ1n) is 7.97. The number of nitrogen functional groups attached to an aromatic ring is 1. The summed E-state index contributed by atoms with van der Waals surface area (Å²) in [5.41, 5.74) is 9.45. The number of nitrogens with zero attached hydrogens (tertiary/aromatic N) is 3. The Labute approximate surface area is 155 Å². The van der Waals surface area contributed by atoms with Gasteiger partial charge in [-0.25, -0.2) is 9.78 Å². The van der Waals surface area contributed by atoms with Crippen LogP contribution in [-0.2, 0) is 5.75 Å². The molecular weight excluding hydrogens is 348 g/mol. The third kappa shape index (κ3) is 4.00. The van der Waals surface area contributed by atoms with Crippen LogP contribution in [0.5, 0.6) is 0 Å². The maximum Gasteiger partial charge on any atom is 0.335 e. The Morgan fingerprint density at radius 3 is 2.50 bits per heavy atom. The van der Waals surface area contributed by atoms with Gasteiger partial charge in [-0.05, 0) is 36.6 Å². The minimum atomic E-state index is -0.982. The van der Waals surface area contributed by atoms with Crippen molar-refractivity contribution in [2.45, 2.75) is 24.8 Å². The number of aromatic nitrogens is 3. The van der Waals surface area contributed by atoms with Gasteiger partial charge in [-0.1, -0.05) is 48.2 Å². The highest BCUT2D eigenvalue weighted by atomic mass is 32.2. The Kier molecular flexibility index (Phi) is 5.18. The molecule has 0 fully saturated rings. The van der Waals surface area contributed by atoms with E-state index in [0.717, 1.165) is 11.1 Å². The van der Waals surface area contributed by atoms with Crippen LogP contribution in [0.4, 0.5) is 5.95 Å². The number of hydrogen-bond donors (Lipinski definition) is 2. The van der Waals surface area contributed by atoms with E-state index in [4.69, 9.17) is 5.73 Å². The molecule has 0 bridgehead atoms. The summed E-state index contributed by atoms with van der Waals surface area (Å²) in [7, 11) is 0. The number of aromatic carboxylic acids is 1. The number of rotatable bonds is 5. The van der Waals surface area contributed by atoms with Crippen LogP contribution in [-0.4, -0.2) is 26.0 Å². The van der Waals surface area contributed by atoms with E-state index in [1.54, 1.807) is 13.0 Å². The number of aryl methyl sites for hydroxylation is 2. The molecule has 0 unspecified atom stereocenters. The molecule has 0 saturated heterocycles. The van der Waals surface area contributed by atoms with Gasteiger partial charge in [0.05, 0.1) is 5.56 Å². The molecule has 0 amide bonds. The first-order chi connectivity index (χ1) is 12.4. The fourth-order valence-corrected chi connectivity index (χ4v) is 3.40. The van der Waals surface area contributed by atoms with Gasteiger partial charge in [0.25, 0.3) is 0 Å². The van der Waals surface area contributed by atoms with Crippen LogP contribution >= 0.6 is 11.8 Å². The van der Waals surface area contributed by atoms with Crippen LogP contribution < -0.4 is 5.73 Å². The molecule has 0 radical (unpaired) electrons. The summed E-state index contributed by atoms with van der Waals surface area (Å²) >= 11 is 1.46. The molecule has 7 heteroatoms. The lowest BCUT2D eigenvalue weighted by Crippen LogP contribution is -2.05. The van der Waals surface area contributed by atoms with Crippen molar-refractivity contribution in [2.24, 2.45) is 0 Å². The summed E-state index contributed by atoms with van der Waals surface area (Å²) in [6.45, 7) is 3.66. The Morgan fingerprint density at radius 2 is 1.81 bits per heavy atom. The first-order valence-corrected chi connectivity index (χ1v) is 8.96. The molecule has 1 heterocycles. The summed E-state index contributed by atoms with van der Waals surface area (Å²) < 4.78 is 0. The number of benzene rings is 2. The highest BCUT2D eigenvalue weighted by molar-refractivity contribution is 7.98. The quantitative estimate of drug-likeness (QED) is 0.663. The van der Waals surface area contributed by atoms with Crippen LogP contribution in [0.1, 0.15) is 27.0 Å². The minimum absolute atomic E-state index is 0.113.